The molecule has 0 radical (unpaired) electrons. The van der Waals surface area contributed by atoms with Crippen LogP contribution in [-0.4, -0.2) is 44.2 Å². The van der Waals surface area contributed by atoms with Crippen molar-refractivity contribution in [3.05, 3.63) is 54.6 Å². The summed E-state index contributed by atoms with van der Waals surface area (Å²) in [7, 11) is -1.47. The van der Waals surface area contributed by atoms with Gasteiger partial charge in [-0.05, 0) is 48.6 Å². The van der Waals surface area contributed by atoms with Crippen molar-refractivity contribution in [1.82, 2.24) is 0 Å². The first-order valence-electron chi connectivity index (χ1n) is 8.02. The van der Waals surface area contributed by atoms with E-state index in [1.807, 2.05) is 64.4 Å². The molecule has 25 heavy (non-hydrogen) atoms. The highest BCUT2D eigenvalue weighted by molar-refractivity contribution is 7.91. The molecule has 0 amide bonds. The van der Waals surface area contributed by atoms with Crippen molar-refractivity contribution in [2.45, 2.75) is 12.1 Å². The second kappa shape index (κ2) is 6.00. The smallest absolute Gasteiger partial charge is 0.181 e. The molecule has 0 spiro atoms. The molecule has 2 aliphatic heterocycles. The molecule has 2 aromatic rings. The molecular weight excluding hydrogens is 356 g/mol. The largest absolute Gasteiger partial charge is 0.497 e. The van der Waals surface area contributed by atoms with Crippen LogP contribution >= 0.6 is 12.2 Å². The van der Waals surface area contributed by atoms with Crippen LogP contribution in [-0.2, 0) is 9.84 Å². The number of benzene rings is 2. The van der Waals surface area contributed by atoms with Crippen LogP contribution in [0.5, 0.6) is 5.75 Å². The number of methoxy groups -OCH3 is 1. The number of nitrogens with zero attached hydrogens (tertiary/aromatic N) is 2. The Morgan fingerprint density at radius 1 is 0.920 bits per heavy atom. The number of rotatable bonds is 3. The quantitative estimate of drug-likeness (QED) is 0.770. The van der Waals surface area contributed by atoms with E-state index >= 15 is 0 Å². The van der Waals surface area contributed by atoms with Gasteiger partial charge in [-0.1, -0.05) is 18.2 Å². The van der Waals surface area contributed by atoms with Crippen molar-refractivity contribution in [3.8, 4) is 5.75 Å². The van der Waals surface area contributed by atoms with Crippen molar-refractivity contribution < 1.29 is 13.2 Å². The Kier molecular flexibility index (Phi) is 3.92. The van der Waals surface area contributed by atoms with Gasteiger partial charge in [-0.2, -0.15) is 0 Å². The van der Waals surface area contributed by atoms with Gasteiger partial charge in [0.05, 0.1) is 30.7 Å². The van der Waals surface area contributed by atoms with Gasteiger partial charge in [0.1, 0.15) is 5.75 Å². The minimum Gasteiger partial charge on any atom is -0.497 e. The number of ether oxygens (including phenoxy) is 1. The van der Waals surface area contributed by atoms with Crippen LogP contribution in [0.25, 0.3) is 0 Å². The van der Waals surface area contributed by atoms with Gasteiger partial charge in [-0.25, -0.2) is 8.42 Å². The van der Waals surface area contributed by atoms with E-state index in [1.54, 1.807) is 7.11 Å². The SMILES string of the molecule is COc1ccc(N2C(=S)N(c3ccccc3)C3CS(=O)(=O)CC32)cc1. The fraction of sp³-hybridized carbons (Fsp3) is 0.278. The molecule has 2 aliphatic rings. The first-order chi connectivity index (χ1) is 12.0. The minimum atomic E-state index is -3.09. The van der Waals surface area contributed by atoms with E-state index < -0.39 is 9.84 Å². The molecule has 0 aromatic heterocycles. The summed E-state index contributed by atoms with van der Waals surface area (Å²) in [6.45, 7) is 0. The second-order valence-electron chi connectivity index (χ2n) is 6.27. The molecular formula is C18H18N2O3S2. The molecule has 2 fully saturated rings. The summed E-state index contributed by atoms with van der Waals surface area (Å²) in [4.78, 5) is 3.95. The Hall–Kier alpha value is -2.12. The lowest BCUT2D eigenvalue weighted by molar-refractivity contribution is 0.415. The van der Waals surface area contributed by atoms with Crippen molar-refractivity contribution in [2.24, 2.45) is 0 Å². The molecule has 0 bridgehead atoms. The predicted molar refractivity (Wildman–Crippen MR) is 103 cm³/mol. The number of thiocarbonyl (C=S) groups is 1. The fourth-order valence-electron chi connectivity index (χ4n) is 3.64. The Morgan fingerprint density at radius 3 is 1.96 bits per heavy atom. The number of sulfone groups is 1. The highest BCUT2D eigenvalue weighted by atomic mass is 32.2. The minimum absolute atomic E-state index is 0.118. The summed E-state index contributed by atoms with van der Waals surface area (Å²) >= 11 is 5.74. The molecule has 2 heterocycles. The van der Waals surface area contributed by atoms with E-state index in [1.165, 1.54) is 0 Å². The molecule has 2 saturated heterocycles. The molecule has 0 aliphatic carbocycles. The molecule has 4 rings (SSSR count). The standard InChI is InChI=1S/C18H18N2O3S2/c1-23-15-9-7-14(8-10-15)20-17-12-25(21,22)11-16(17)19(18(20)24)13-5-3-2-4-6-13/h2-10,16-17H,11-12H2,1H3. The fourth-order valence-corrected chi connectivity index (χ4v) is 6.04. The lowest BCUT2D eigenvalue weighted by Gasteiger charge is -2.25. The van der Waals surface area contributed by atoms with E-state index in [0.29, 0.717) is 5.11 Å². The van der Waals surface area contributed by atoms with Crippen LogP contribution in [0.2, 0.25) is 0 Å². The van der Waals surface area contributed by atoms with Crippen molar-refractivity contribution in [2.75, 3.05) is 28.4 Å². The molecule has 130 valence electrons. The Morgan fingerprint density at radius 2 is 1.44 bits per heavy atom. The number of hydrogen-bond donors (Lipinski definition) is 0. The maximum atomic E-state index is 12.3. The van der Waals surface area contributed by atoms with E-state index in [4.69, 9.17) is 17.0 Å². The molecule has 2 atom stereocenters. The zero-order valence-corrected chi connectivity index (χ0v) is 15.3. The van der Waals surface area contributed by atoms with Crippen molar-refractivity contribution in [1.29, 1.82) is 0 Å². The van der Waals surface area contributed by atoms with Crippen LogP contribution < -0.4 is 14.5 Å². The first kappa shape index (κ1) is 16.4. The average Bonchev–Trinajstić information content (AvgIpc) is 3.04. The number of hydrogen-bond acceptors (Lipinski definition) is 4. The zero-order valence-electron chi connectivity index (χ0n) is 13.7. The Balaban J connectivity index is 1.77. The maximum absolute atomic E-state index is 12.3. The summed E-state index contributed by atoms with van der Waals surface area (Å²) in [5.74, 6) is 0.997. The molecule has 2 unspecified atom stereocenters. The summed E-state index contributed by atoms with van der Waals surface area (Å²) in [5.41, 5.74) is 1.81. The van der Waals surface area contributed by atoms with Gasteiger partial charge in [0.15, 0.2) is 14.9 Å². The Labute approximate surface area is 152 Å². The normalized spacial score (nSPS) is 24.4. The van der Waals surface area contributed by atoms with Gasteiger partial charge in [0.25, 0.3) is 0 Å². The Bertz CT molecular complexity index is 898. The highest BCUT2D eigenvalue weighted by Crippen LogP contribution is 2.38. The van der Waals surface area contributed by atoms with Crippen LogP contribution in [0.15, 0.2) is 54.6 Å². The van der Waals surface area contributed by atoms with Crippen molar-refractivity contribution >= 4 is 38.5 Å². The topological polar surface area (TPSA) is 49.9 Å². The van der Waals surface area contributed by atoms with Gasteiger partial charge in [-0.3, -0.25) is 0 Å². The van der Waals surface area contributed by atoms with E-state index in [-0.39, 0.29) is 23.6 Å². The highest BCUT2D eigenvalue weighted by Gasteiger charge is 2.52. The summed E-state index contributed by atoms with van der Waals surface area (Å²) < 4.78 is 29.8. The molecule has 2 aromatic carbocycles. The van der Waals surface area contributed by atoms with Gasteiger partial charge >= 0.3 is 0 Å². The monoisotopic (exact) mass is 374 g/mol. The average molecular weight is 374 g/mol. The van der Waals surface area contributed by atoms with E-state index in [2.05, 4.69) is 0 Å². The molecule has 0 N–H and O–H groups in total. The molecule has 7 heteroatoms. The van der Waals surface area contributed by atoms with Crippen LogP contribution in [0.4, 0.5) is 11.4 Å². The third-order valence-corrected chi connectivity index (χ3v) is 6.85. The van der Waals surface area contributed by atoms with Crippen LogP contribution in [0.3, 0.4) is 0 Å². The third-order valence-electron chi connectivity index (χ3n) is 4.75. The number of anilines is 2. The van der Waals surface area contributed by atoms with Gasteiger partial charge in [-0.15, -0.1) is 0 Å². The lowest BCUT2D eigenvalue weighted by Crippen LogP contribution is -2.37. The second-order valence-corrected chi connectivity index (χ2v) is 8.79. The maximum Gasteiger partial charge on any atom is 0.181 e. The van der Waals surface area contributed by atoms with Crippen LogP contribution in [0.1, 0.15) is 0 Å². The molecule has 0 saturated carbocycles. The summed E-state index contributed by atoms with van der Waals surface area (Å²) in [6.07, 6.45) is 0. The van der Waals surface area contributed by atoms with Gasteiger partial charge < -0.3 is 14.5 Å². The van der Waals surface area contributed by atoms with Gasteiger partial charge in [0.2, 0.25) is 0 Å². The lowest BCUT2D eigenvalue weighted by atomic mass is 10.1. The summed E-state index contributed by atoms with van der Waals surface area (Å²) in [5, 5.41) is 0.640. The van der Waals surface area contributed by atoms with Crippen LogP contribution in [0, 0.1) is 0 Å². The molecule has 5 nitrogen and oxygen atoms in total. The van der Waals surface area contributed by atoms with Crippen molar-refractivity contribution in [3.63, 3.8) is 0 Å². The van der Waals surface area contributed by atoms with E-state index in [0.717, 1.165) is 17.1 Å². The predicted octanol–water partition coefficient (Wildman–Crippen LogP) is 2.47. The number of fused-ring (bicyclic) bond motifs is 1. The van der Waals surface area contributed by atoms with Gasteiger partial charge in [0, 0.05) is 11.4 Å². The summed E-state index contributed by atoms with van der Waals surface area (Å²) in [6, 6.07) is 17.0. The first-order valence-corrected chi connectivity index (χ1v) is 10.2. The third kappa shape index (κ3) is 2.77. The zero-order chi connectivity index (χ0) is 17.6. The van der Waals surface area contributed by atoms with E-state index in [9.17, 15) is 8.42 Å². The number of para-hydroxylation sites is 1.